The van der Waals surface area contributed by atoms with Crippen LogP contribution in [0.3, 0.4) is 0 Å². The van der Waals surface area contributed by atoms with Crippen LogP contribution in [0, 0.1) is 5.92 Å². The third kappa shape index (κ3) is 2.13. The first-order chi connectivity index (χ1) is 8.36. The monoisotopic (exact) mass is 249 g/mol. The smallest absolute Gasteiger partial charge is 0.264 e. The summed E-state index contributed by atoms with van der Waals surface area (Å²) in [6.07, 6.45) is 7.75. The SMILES string of the molecule is O=C(c1cccs1)N1CCC[C@@H]2CCCC[C@H]21. The summed E-state index contributed by atoms with van der Waals surface area (Å²) in [6, 6.07) is 4.46. The van der Waals surface area contributed by atoms with Crippen LogP contribution in [0.4, 0.5) is 0 Å². The highest BCUT2D eigenvalue weighted by atomic mass is 32.1. The van der Waals surface area contributed by atoms with E-state index in [1.54, 1.807) is 11.3 Å². The molecule has 1 amide bonds. The maximum Gasteiger partial charge on any atom is 0.264 e. The van der Waals surface area contributed by atoms with E-state index in [0.717, 1.165) is 17.3 Å². The molecule has 3 rings (SSSR count). The highest BCUT2D eigenvalue weighted by molar-refractivity contribution is 7.12. The molecule has 3 heteroatoms. The molecular formula is C14H19NOS. The van der Waals surface area contributed by atoms with Crippen molar-refractivity contribution in [2.24, 2.45) is 5.92 Å². The zero-order chi connectivity index (χ0) is 11.7. The lowest BCUT2D eigenvalue weighted by Gasteiger charge is -2.44. The van der Waals surface area contributed by atoms with Crippen molar-refractivity contribution < 1.29 is 4.79 Å². The number of hydrogen-bond donors (Lipinski definition) is 0. The largest absolute Gasteiger partial charge is 0.335 e. The standard InChI is InChI=1S/C14H19NOS/c16-14(13-8-4-10-17-13)15-9-3-6-11-5-1-2-7-12(11)15/h4,8,10-12H,1-3,5-7,9H2/t11-,12+/m0/s1. The third-order valence-corrected chi connectivity index (χ3v) is 5.09. The summed E-state index contributed by atoms with van der Waals surface area (Å²) in [5.41, 5.74) is 0. The Balaban J connectivity index is 1.79. The summed E-state index contributed by atoms with van der Waals surface area (Å²) in [7, 11) is 0. The Bertz CT molecular complexity index is 385. The van der Waals surface area contributed by atoms with Gasteiger partial charge in [-0.15, -0.1) is 11.3 Å². The van der Waals surface area contributed by atoms with E-state index in [2.05, 4.69) is 4.90 Å². The van der Waals surface area contributed by atoms with E-state index in [-0.39, 0.29) is 5.91 Å². The summed E-state index contributed by atoms with van der Waals surface area (Å²) in [5.74, 6) is 1.05. The molecule has 2 nitrogen and oxygen atoms in total. The van der Waals surface area contributed by atoms with E-state index in [0.29, 0.717) is 6.04 Å². The van der Waals surface area contributed by atoms with E-state index in [1.807, 2.05) is 17.5 Å². The van der Waals surface area contributed by atoms with Crippen molar-refractivity contribution in [2.45, 2.75) is 44.6 Å². The quantitative estimate of drug-likeness (QED) is 0.745. The van der Waals surface area contributed by atoms with Crippen molar-refractivity contribution in [3.63, 3.8) is 0 Å². The minimum Gasteiger partial charge on any atom is -0.335 e. The molecule has 17 heavy (non-hydrogen) atoms. The van der Waals surface area contributed by atoms with Gasteiger partial charge in [0.15, 0.2) is 0 Å². The molecule has 0 unspecified atom stereocenters. The van der Waals surface area contributed by atoms with Gasteiger partial charge in [0.2, 0.25) is 0 Å². The van der Waals surface area contributed by atoms with Crippen LogP contribution >= 0.6 is 11.3 Å². The van der Waals surface area contributed by atoms with Crippen molar-refractivity contribution >= 4 is 17.2 Å². The molecule has 1 saturated heterocycles. The second kappa shape index (κ2) is 4.81. The van der Waals surface area contributed by atoms with E-state index in [9.17, 15) is 4.79 Å². The Labute approximate surface area is 107 Å². The molecule has 0 aromatic carbocycles. The van der Waals surface area contributed by atoms with Gasteiger partial charge in [0, 0.05) is 12.6 Å². The molecule has 2 heterocycles. The Kier molecular flexibility index (Phi) is 3.19. The number of amides is 1. The van der Waals surface area contributed by atoms with Crippen molar-refractivity contribution in [3.05, 3.63) is 22.4 Å². The Morgan fingerprint density at radius 3 is 2.88 bits per heavy atom. The fraction of sp³-hybridized carbons (Fsp3) is 0.643. The maximum atomic E-state index is 12.5. The number of thiophene rings is 1. The number of piperidine rings is 1. The molecule has 0 spiro atoms. The second-order valence-electron chi connectivity index (χ2n) is 5.23. The van der Waals surface area contributed by atoms with Gasteiger partial charge >= 0.3 is 0 Å². The van der Waals surface area contributed by atoms with Gasteiger partial charge < -0.3 is 4.90 Å². The predicted molar refractivity (Wildman–Crippen MR) is 70.3 cm³/mol. The molecule has 0 bridgehead atoms. The summed E-state index contributed by atoms with van der Waals surface area (Å²) in [6.45, 7) is 0.970. The van der Waals surface area contributed by atoms with Crippen LogP contribution in [0.25, 0.3) is 0 Å². The molecule has 1 aliphatic carbocycles. The minimum absolute atomic E-state index is 0.275. The van der Waals surface area contributed by atoms with Crippen LogP contribution in [-0.2, 0) is 0 Å². The average Bonchev–Trinajstić information content (AvgIpc) is 2.91. The van der Waals surface area contributed by atoms with E-state index in [1.165, 1.54) is 38.5 Å². The van der Waals surface area contributed by atoms with E-state index < -0.39 is 0 Å². The number of carbonyl (C=O) groups excluding carboxylic acids is 1. The fourth-order valence-corrected chi connectivity index (χ4v) is 4.10. The number of rotatable bonds is 1. The van der Waals surface area contributed by atoms with E-state index in [4.69, 9.17) is 0 Å². The average molecular weight is 249 g/mol. The highest BCUT2D eigenvalue weighted by Crippen LogP contribution is 2.36. The van der Waals surface area contributed by atoms with Gasteiger partial charge in [-0.25, -0.2) is 0 Å². The molecule has 1 aromatic heterocycles. The number of fused-ring (bicyclic) bond motifs is 1. The third-order valence-electron chi connectivity index (χ3n) is 4.24. The molecule has 2 aliphatic rings. The van der Waals surface area contributed by atoms with Gasteiger partial charge in [0.05, 0.1) is 4.88 Å². The fourth-order valence-electron chi connectivity index (χ4n) is 3.42. The van der Waals surface area contributed by atoms with Crippen LogP contribution in [0.5, 0.6) is 0 Å². The molecule has 1 aliphatic heterocycles. The molecule has 92 valence electrons. The number of carbonyl (C=O) groups is 1. The molecule has 1 saturated carbocycles. The van der Waals surface area contributed by atoms with Crippen LogP contribution in [0.1, 0.15) is 48.2 Å². The zero-order valence-corrected chi connectivity index (χ0v) is 10.9. The Morgan fingerprint density at radius 1 is 1.24 bits per heavy atom. The molecule has 1 aromatic rings. The van der Waals surface area contributed by atoms with Gasteiger partial charge in [0.1, 0.15) is 0 Å². The number of likely N-dealkylation sites (tertiary alicyclic amines) is 1. The lowest BCUT2D eigenvalue weighted by Crippen LogP contribution is -2.49. The van der Waals surface area contributed by atoms with Crippen LogP contribution in [-0.4, -0.2) is 23.4 Å². The summed E-state index contributed by atoms with van der Waals surface area (Å²) in [5, 5.41) is 2.00. The lowest BCUT2D eigenvalue weighted by atomic mass is 9.78. The molecule has 2 atom stereocenters. The first-order valence-corrected chi connectivity index (χ1v) is 7.59. The van der Waals surface area contributed by atoms with Gasteiger partial charge in [0.25, 0.3) is 5.91 Å². The molecule has 2 fully saturated rings. The highest BCUT2D eigenvalue weighted by Gasteiger charge is 2.36. The summed E-state index contributed by atoms with van der Waals surface area (Å²) in [4.78, 5) is 15.5. The Hall–Kier alpha value is -0.830. The van der Waals surface area contributed by atoms with Gasteiger partial charge in [-0.2, -0.15) is 0 Å². The predicted octanol–water partition coefficient (Wildman–Crippen LogP) is 3.54. The van der Waals surface area contributed by atoms with Crippen molar-refractivity contribution in [3.8, 4) is 0 Å². The first-order valence-electron chi connectivity index (χ1n) is 6.71. The van der Waals surface area contributed by atoms with Gasteiger partial charge in [-0.3, -0.25) is 4.79 Å². The normalized spacial score (nSPS) is 28.8. The van der Waals surface area contributed by atoms with Crippen LogP contribution in [0.2, 0.25) is 0 Å². The van der Waals surface area contributed by atoms with Crippen molar-refractivity contribution in [1.82, 2.24) is 4.90 Å². The number of hydrogen-bond acceptors (Lipinski definition) is 2. The van der Waals surface area contributed by atoms with Gasteiger partial charge in [-0.05, 0) is 43.0 Å². The van der Waals surface area contributed by atoms with Crippen LogP contribution in [0.15, 0.2) is 17.5 Å². The van der Waals surface area contributed by atoms with Crippen molar-refractivity contribution in [1.29, 1.82) is 0 Å². The first kappa shape index (κ1) is 11.3. The minimum atomic E-state index is 0.275. The zero-order valence-electron chi connectivity index (χ0n) is 10.1. The van der Waals surface area contributed by atoms with Gasteiger partial charge in [-0.1, -0.05) is 18.9 Å². The summed E-state index contributed by atoms with van der Waals surface area (Å²) < 4.78 is 0. The molecule has 0 radical (unpaired) electrons. The van der Waals surface area contributed by atoms with E-state index >= 15 is 0 Å². The topological polar surface area (TPSA) is 20.3 Å². The Morgan fingerprint density at radius 2 is 2.06 bits per heavy atom. The second-order valence-corrected chi connectivity index (χ2v) is 6.18. The van der Waals surface area contributed by atoms with Crippen molar-refractivity contribution in [2.75, 3.05) is 6.54 Å². The molecular weight excluding hydrogens is 230 g/mol. The lowest BCUT2D eigenvalue weighted by molar-refractivity contribution is 0.0395. The molecule has 0 N–H and O–H groups in total. The maximum absolute atomic E-state index is 12.5. The number of nitrogens with zero attached hydrogens (tertiary/aromatic N) is 1. The van der Waals surface area contributed by atoms with Crippen LogP contribution < -0.4 is 0 Å². The summed E-state index contributed by atoms with van der Waals surface area (Å²) >= 11 is 1.57.